The lowest BCUT2D eigenvalue weighted by molar-refractivity contribution is -0.138. The second kappa shape index (κ2) is 7.40. The summed E-state index contributed by atoms with van der Waals surface area (Å²) in [6, 6.07) is 6.62. The van der Waals surface area contributed by atoms with E-state index in [4.69, 9.17) is 5.11 Å². The quantitative estimate of drug-likeness (QED) is 0.733. The number of anilines is 1. The minimum absolute atomic E-state index is 0.00685. The summed E-state index contributed by atoms with van der Waals surface area (Å²) < 4.78 is 0. The van der Waals surface area contributed by atoms with Crippen LogP contribution in [-0.4, -0.2) is 47.3 Å². The van der Waals surface area contributed by atoms with Crippen LogP contribution >= 0.6 is 0 Å². The molecule has 0 saturated carbocycles. The molecule has 0 fully saturated rings. The van der Waals surface area contributed by atoms with Crippen molar-refractivity contribution in [2.45, 2.75) is 13.8 Å². The van der Waals surface area contributed by atoms with Crippen molar-refractivity contribution < 1.29 is 19.5 Å². The maximum Gasteiger partial charge on any atom is 0.317 e. The number of carboxylic acid groups (broad SMARTS) is 1. The third-order valence-electron chi connectivity index (χ3n) is 2.73. The fraction of sp³-hybridized carbons (Fsp3) is 0.357. The lowest BCUT2D eigenvalue weighted by Crippen LogP contribution is -2.36. The maximum absolute atomic E-state index is 11.8. The highest BCUT2D eigenvalue weighted by molar-refractivity contribution is 5.97. The molecule has 1 amide bonds. The molecule has 6 heteroatoms. The van der Waals surface area contributed by atoms with E-state index in [2.05, 4.69) is 5.32 Å². The monoisotopic (exact) mass is 278 g/mol. The Morgan fingerprint density at radius 3 is 2.50 bits per heavy atom. The first-order chi connectivity index (χ1) is 9.42. The Hall–Kier alpha value is -2.21. The van der Waals surface area contributed by atoms with Crippen molar-refractivity contribution in [1.29, 1.82) is 0 Å². The van der Waals surface area contributed by atoms with E-state index in [-0.39, 0.29) is 24.8 Å². The standard InChI is InChI=1S/C14H18N2O4/c1-3-16(9-14(19)20)8-13(18)15-12-6-4-5-11(7-12)10(2)17/h4-7H,3,8-9H2,1-2H3,(H,15,18)(H,19,20). The largest absolute Gasteiger partial charge is 0.480 e. The summed E-state index contributed by atoms with van der Waals surface area (Å²) in [5, 5.41) is 11.4. The number of nitrogens with one attached hydrogen (secondary N) is 1. The number of carbonyl (C=O) groups is 3. The second-order valence-electron chi connectivity index (χ2n) is 4.38. The van der Waals surface area contributed by atoms with Gasteiger partial charge in [-0.2, -0.15) is 0 Å². The molecule has 108 valence electrons. The number of likely N-dealkylation sites (N-methyl/N-ethyl adjacent to an activating group) is 1. The molecule has 0 radical (unpaired) electrons. The average molecular weight is 278 g/mol. The van der Waals surface area contributed by atoms with Crippen LogP contribution in [-0.2, 0) is 9.59 Å². The smallest absolute Gasteiger partial charge is 0.317 e. The molecule has 0 aliphatic rings. The van der Waals surface area contributed by atoms with E-state index in [1.54, 1.807) is 31.2 Å². The van der Waals surface area contributed by atoms with Crippen LogP contribution in [0, 0.1) is 0 Å². The minimum Gasteiger partial charge on any atom is -0.480 e. The number of carboxylic acids is 1. The Labute approximate surface area is 117 Å². The minimum atomic E-state index is -0.974. The zero-order valence-electron chi connectivity index (χ0n) is 11.5. The Kier molecular flexibility index (Phi) is 5.86. The molecule has 1 rings (SSSR count). The maximum atomic E-state index is 11.8. The summed E-state index contributed by atoms with van der Waals surface area (Å²) in [5.74, 6) is -1.37. The summed E-state index contributed by atoms with van der Waals surface area (Å²) in [6.07, 6.45) is 0. The van der Waals surface area contributed by atoms with E-state index >= 15 is 0 Å². The predicted molar refractivity (Wildman–Crippen MR) is 74.8 cm³/mol. The number of carbonyl (C=O) groups excluding carboxylic acids is 2. The molecule has 0 spiro atoms. The van der Waals surface area contributed by atoms with Gasteiger partial charge in [-0.15, -0.1) is 0 Å². The van der Waals surface area contributed by atoms with Gasteiger partial charge in [-0.3, -0.25) is 19.3 Å². The molecule has 0 unspecified atom stereocenters. The average Bonchev–Trinajstić information content (AvgIpc) is 2.37. The van der Waals surface area contributed by atoms with Crippen LogP contribution in [0.3, 0.4) is 0 Å². The number of hydrogen-bond donors (Lipinski definition) is 2. The number of ketones is 1. The zero-order valence-corrected chi connectivity index (χ0v) is 11.5. The number of amides is 1. The number of hydrogen-bond acceptors (Lipinski definition) is 4. The molecule has 20 heavy (non-hydrogen) atoms. The van der Waals surface area contributed by atoms with Gasteiger partial charge in [0.25, 0.3) is 0 Å². The predicted octanol–water partition coefficient (Wildman–Crippen LogP) is 1.23. The second-order valence-corrected chi connectivity index (χ2v) is 4.38. The Morgan fingerprint density at radius 1 is 1.25 bits per heavy atom. The van der Waals surface area contributed by atoms with Crippen molar-refractivity contribution in [2.75, 3.05) is 25.0 Å². The van der Waals surface area contributed by atoms with E-state index in [9.17, 15) is 14.4 Å². The first kappa shape index (κ1) is 15.8. The van der Waals surface area contributed by atoms with Gasteiger partial charge in [0, 0.05) is 11.3 Å². The highest BCUT2D eigenvalue weighted by Gasteiger charge is 2.12. The number of Topliss-reactive ketones (excluding diaryl/α,β-unsaturated/α-hetero) is 1. The highest BCUT2D eigenvalue weighted by atomic mass is 16.4. The fourth-order valence-electron chi connectivity index (χ4n) is 1.69. The van der Waals surface area contributed by atoms with Crippen molar-refractivity contribution in [1.82, 2.24) is 4.90 Å². The van der Waals surface area contributed by atoms with E-state index in [1.807, 2.05) is 0 Å². The van der Waals surface area contributed by atoms with Crippen LogP contribution in [0.4, 0.5) is 5.69 Å². The van der Waals surface area contributed by atoms with Crippen molar-refractivity contribution in [3.8, 4) is 0 Å². The molecule has 0 atom stereocenters. The first-order valence-corrected chi connectivity index (χ1v) is 6.27. The van der Waals surface area contributed by atoms with Crippen LogP contribution < -0.4 is 5.32 Å². The summed E-state index contributed by atoms with van der Waals surface area (Å²) in [5.41, 5.74) is 1.04. The molecule has 0 aromatic heterocycles. The van der Waals surface area contributed by atoms with Gasteiger partial charge in [0.05, 0.1) is 13.1 Å². The molecular weight excluding hydrogens is 260 g/mol. The summed E-state index contributed by atoms with van der Waals surface area (Å²) in [6.45, 7) is 3.51. The molecule has 1 aromatic carbocycles. The molecule has 0 bridgehead atoms. The van der Waals surface area contributed by atoms with Crippen LogP contribution in [0.5, 0.6) is 0 Å². The van der Waals surface area contributed by atoms with E-state index in [0.29, 0.717) is 17.8 Å². The Bertz CT molecular complexity index is 514. The molecule has 0 heterocycles. The topological polar surface area (TPSA) is 86.7 Å². The molecule has 0 saturated heterocycles. The summed E-state index contributed by atoms with van der Waals surface area (Å²) in [4.78, 5) is 35.2. The van der Waals surface area contributed by atoms with Crippen LogP contribution in [0.1, 0.15) is 24.2 Å². The van der Waals surface area contributed by atoms with Gasteiger partial charge in [-0.05, 0) is 25.6 Å². The van der Waals surface area contributed by atoms with Gasteiger partial charge >= 0.3 is 5.97 Å². The lowest BCUT2D eigenvalue weighted by Gasteiger charge is -2.17. The number of rotatable bonds is 7. The number of benzene rings is 1. The van der Waals surface area contributed by atoms with Gasteiger partial charge in [-0.25, -0.2) is 0 Å². The molecule has 0 aliphatic carbocycles. The van der Waals surface area contributed by atoms with Gasteiger partial charge in [0.1, 0.15) is 0 Å². The van der Waals surface area contributed by atoms with Crippen molar-refractivity contribution in [3.05, 3.63) is 29.8 Å². The Morgan fingerprint density at radius 2 is 1.95 bits per heavy atom. The van der Waals surface area contributed by atoms with Crippen LogP contribution in [0.25, 0.3) is 0 Å². The molecular formula is C14H18N2O4. The van der Waals surface area contributed by atoms with Crippen molar-refractivity contribution in [3.63, 3.8) is 0 Å². The fourth-order valence-corrected chi connectivity index (χ4v) is 1.69. The van der Waals surface area contributed by atoms with Gasteiger partial charge < -0.3 is 10.4 Å². The number of nitrogens with zero attached hydrogens (tertiary/aromatic N) is 1. The molecule has 2 N–H and O–H groups in total. The molecule has 1 aromatic rings. The molecule has 6 nitrogen and oxygen atoms in total. The van der Waals surface area contributed by atoms with Gasteiger partial charge in [-0.1, -0.05) is 19.1 Å². The van der Waals surface area contributed by atoms with Crippen LogP contribution in [0.2, 0.25) is 0 Å². The van der Waals surface area contributed by atoms with E-state index in [0.717, 1.165) is 0 Å². The number of aliphatic carboxylic acids is 1. The van der Waals surface area contributed by atoms with E-state index < -0.39 is 5.97 Å². The highest BCUT2D eigenvalue weighted by Crippen LogP contribution is 2.11. The SMILES string of the molecule is CCN(CC(=O)O)CC(=O)Nc1cccc(C(C)=O)c1. The third-order valence-corrected chi connectivity index (χ3v) is 2.73. The Balaban J connectivity index is 2.63. The van der Waals surface area contributed by atoms with Gasteiger partial charge in [0.15, 0.2) is 5.78 Å². The van der Waals surface area contributed by atoms with Crippen molar-refractivity contribution in [2.24, 2.45) is 0 Å². The summed E-state index contributed by atoms with van der Waals surface area (Å²) >= 11 is 0. The lowest BCUT2D eigenvalue weighted by atomic mass is 10.1. The third kappa shape index (κ3) is 5.19. The van der Waals surface area contributed by atoms with Crippen molar-refractivity contribution >= 4 is 23.3 Å². The zero-order chi connectivity index (χ0) is 15.1. The normalized spacial score (nSPS) is 10.3. The van der Waals surface area contributed by atoms with Crippen LogP contribution in [0.15, 0.2) is 24.3 Å². The summed E-state index contributed by atoms with van der Waals surface area (Å²) in [7, 11) is 0. The van der Waals surface area contributed by atoms with Gasteiger partial charge in [0.2, 0.25) is 5.91 Å². The van der Waals surface area contributed by atoms with E-state index in [1.165, 1.54) is 11.8 Å². The molecule has 0 aliphatic heterocycles. The first-order valence-electron chi connectivity index (χ1n) is 6.27.